The Labute approximate surface area is 78.1 Å². The molecule has 76 valence electrons. The van der Waals surface area contributed by atoms with E-state index >= 15 is 0 Å². The van der Waals surface area contributed by atoms with Crippen molar-refractivity contribution in [2.24, 2.45) is 5.73 Å². The molecule has 1 unspecified atom stereocenters. The number of piperazine rings is 1. The van der Waals surface area contributed by atoms with Crippen LogP contribution >= 0.6 is 0 Å². The van der Waals surface area contributed by atoms with Gasteiger partial charge in [0.1, 0.15) is 6.04 Å². The van der Waals surface area contributed by atoms with Gasteiger partial charge in [-0.25, -0.2) is 0 Å². The van der Waals surface area contributed by atoms with E-state index in [1.54, 1.807) is 0 Å². The molecule has 1 aliphatic rings. The Bertz CT molecular complexity index is 178. The van der Waals surface area contributed by atoms with Crippen LogP contribution in [0, 0.1) is 0 Å². The second-order valence-electron chi connectivity index (χ2n) is 3.43. The Morgan fingerprint density at radius 3 is 2.38 bits per heavy atom. The summed E-state index contributed by atoms with van der Waals surface area (Å²) in [4.78, 5) is 14.9. The number of nitrogens with two attached hydrogens (primary N) is 1. The number of rotatable bonds is 3. The fourth-order valence-electron chi connectivity index (χ4n) is 1.54. The molecule has 5 heteroatoms. The van der Waals surface area contributed by atoms with Crippen LogP contribution in [0.15, 0.2) is 0 Å². The first-order valence-electron chi connectivity index (χ1n) is 4.50. The standard InChI is InChI=1S/C8H17N3O2/c1-10-2-4-11(5-3-10)7(6-9)8(12)13/h7H,2-6,9H2,1H3,(H,12,13). The van der Waals surface area contributed by atoms with E-state index in [0.717, 1.165) is 26.2 Å². The summed E-state index contributed by atoms with van der Waals surface area (Å²) in [6.07, 6.45) is 0. The molecule has 0 aromatic carbocycles. The molecule has 0 amide bonds. The fraction of sp³-hybridized carbons (Fsp3) is 0.875. The summed E-state index contributed by atoms with van der Waals surface area (Å²) in [6.45, 7) is 3.63. The summed E-state index contributed by atoms with van der Waals surface area (Å²) in [5.41, 5.74) is 5.40. The molecule has 0 aliphatic carbocycles. The van der Waals surface area contributed by atoms with Crippen molar-refractivity contribution < 1.29 is 9.90 Å². The van der Waals surface area contributed by atoms with Gasteiger partial charge in [-0.1, -0.05) is 0 Å². The lowest BCUT2D eigenvalue weighted by molar-refractivity contribution is -0.143. The van der Waals surface area contributed by atoms with Crippen LogP contribution in [-0.2, 0) is 4.79 Å². The molecule has 1 atom stereocenters. The first-order chi connectivity index (χ1) is 6.15. The van der Waals surface area contributed by atoms with Crippen LogP contribution in [0.25, 0.3) is 0 Å². The van der Waals surface area contributed by atoms with E-state index in [9.17, 15) is 4.79 Å². The maximum absolute atomic E-state index is 10.8. The summed E-state index contributed by atoms with van der Waals surface area (Å²) in [7, 11) is 2.04. The van der Waals surface area contributed by atoms with Gasteiger partial charge in [0, 0.05) is 32.7 Å². The van der Waals surface area contributed by atoms with Crippen LogP contribution in [-0.4, -0.2) is 66.7 Å². The quantitative estimate of drug-likeness (QED) is 0.571. The normalized spacial score (nSPS) is 22.9. The number of aliphatic carboxylic acids is 1. The Balaban J connectivity index is 2.46. The molecule has 0 bridgehead atoms. The zero-order valence-corrected chi connectivity index (χ0v) is 7.94. The number of likely N-dealkylation sites (N-methyl/N-ethyl adjacent to an activating group) is 1. The average Bonchev–Trinajstić information content (AvgIpc) is 2.09. The van der Waals surface area contributed by atoms with Crippen molar-refractivity contribution in [3.63, 3.8) is 0 Å². The van der Waals surface area contributed by atoms with Gasteiger partial charge in [0.15, 0.2) is 0 Å². The molecule has 0 spiro atoms. The molecule has 5 nitrogen and oxygen atoms in total. The number of carboxylic acid groups (broad SMARTS) is 1. The molecule has 1 fully saturated rings. The largest absolute Gasteiger partial charge is 0.480 e. The van der Waals surface area contributed by atoms with Gasteiger partial charge in [-0.05, 0) is 7.05 Å². The maximum atomic E-state index is 10.8. The minimum absolute atomic E-state index is 0.193. The van der Waals surface area contributed by atoms with Gasteiger partial charge in [0.25, 0.3) is 0 Å². The summed E-state index contributed by atoms with van der Waals surface area (Å²) in [5, 5.41) is 8.86. The lowest BCUT2D eigenvalue weighted by atomic mass is 10.2. The highest BCUT2D eigenvalue weighted by atomic mass is 16.4. The molecule has 1 saturated heterocycles. The first kappa shape index (κ1) is 10.4. The number of carboxylic acids is 1. The van der Waals surface area contributed by atoms with Gasteiger partial charge < -0.3 is 15.7 Å². The van der Waals surface area contributed by atoms with Crippen molar-refractivity contribution >= 4 is 5.97 Å². The van der Waals surface area contributed by atoms with Crippen molar-refractivity contribution in [1.29, 1.82) is 0 Å². The van der Waals surface area contributed by atoms with Crippen molar-refractivity contribution in [2.45, 2.75) is 6.04 Å². The van der Waals surface area contributed by atoms with E-state index in [1.165, 1.54) is 0 Å². The second kappa shape index (κ2) is 4.55. The number of nitrogens with zero attached hydrogens (tertiary/aromatic N) is 2. The molecule has 1 heterocycles. The summed E-state index contributed by atoms with van der Waals surface area (Å²) in [5.74, 6) is -0.813. The Hall–Kier alpha value is -0.650. The smallest absolute Gasteiger partial charge is 0.322 e. The van der Waals surface area contributed by atoms with E-state index in [4.69, 9.17) is 10.8 Å². The van der Waals surface area contributed by atoms with Crippen molar-refractivity contribution in [1.82, 2.24) is 9.80 Å². The minimum atomic E-state index is -0.813. The lowest BCUT2D eigenvalue weighted by Gasteiger charge is -2.35. The predicted octanol–water partition coefficient (Wildman–Crippen LogP) is -1.35. The third-order valence-electron chi connectivity index (χ3n) is 2.49. The van der Waals surface area contributed by atoms with Crippen LogP contribution in [0.2, 0.25) is 0 Å². The highest BCUT2D eigenvalue weighted by Gasteiger charge is 2.26. The molecule has 13 heavy (non-hydrogen) atoms. The number of carbonyl (C=O) groups is 1. The van der Waals surface area contributed by atoms with Gasteiger partial charge in [-0.3, -0.25) is 9.69 Å². The minimum Gasteiger partial charge on any atom is -0.480 e. The highest BCUT2D eigenvalue weighted by Crippen LogP contribution is 2.04. The number of hydrogen-bond acceptors (Lipinski definition) is 4. The van der Waals surface area contributed by atoms with Crippen molar-refractivity contribution in [3.8, 4) is 0 Å². The predicted molar refractivity (Wildman–Crippen MR) is 49.5 cm³/mol. The highest BCUT2D eigenvalue weighted by molar-refractivity contribution is 5.73. The van der Waals surface area contributed by atoms with Crippen LogP contribution in [0.4, 0.5) is 0 Å². The maximum Gasteiger partial charge on any atom is 0.322 e. The van der Waals surface area contributed by atoms with E-state index in [2.05, 4.69) is 4.90 Å². The molecule has 0 radical (unpaired) electrons. The molecular weight excluding hydrogens is 170 g/mol. The van der Waals surface area contributed by atoms with Gasteiger partial charge >= 0.3 is 5.97 Å². The summed E-state index contributed by atoms with van der Waals surface area (Å²) in [6, 6.07) is -0.506. The zero-order chi connectivity index (χ0) is 9.84. The van der Waals surface area contributed by atoms with Gasteiger partial charge in [-0.15, -0.1) is 0 Å². The molecule has 0 aromatic rings. The summed E-state index contributed by atoms with van der Waals surface area (Å²) >= 11 is 0. The SMILES string of the molecule is CN1CCN(C(CN)C(=O)O)CC1. The van der Waals surface area contributed by atoms with E-state index < -0.39 is 12.0 Å². The molecular formula is C8H17N3O2. The Morgan fingerprint density at radius 1 is 1.46 bits per heavy atom. The fourth-order valence-corrected chi connectivity index (χ4v) is 1.54. The molecule has 1 aliphatic heterocycles. The van der Waals surface area contributed by atoms with E-state index in [1.807, 2.05) is 11.9 Å². The molecule has 0 saturated carbocycles. The van der Waals surface area contributed by atoms with Crippen LogP contribution < -0.4 is 5.73 Å². The van der Waals surface area contributed by atoms with Crippen LogP contribution in [0.5, 0.6) is 0 Å². The Kier molecular flexibility index (Phi) is 3.65. The van der Waals surface area contributed by atoms with Gasteiger partial charge in [0.2, 0.25) is 0 Å². The van der Waals surface area contributed by atoms with Crippen molar-refractivity contribution in [3.05, 3.63) is 0 Å². The molecule has 0 aromatic heterocycles. The third kappa shape index (κ3) is 2.65. The van der Waals surface area contributed by atoms with Crippen molar-refractivity contribution in [2.75, 3.05) is 39.8 Å². The number of hydrogen-bond donors (Lipinski definition) is 2. The van der Waals surface area contributed by atoms with Gasteiger partial charge in [-0.2, -0.15) is 0 Å². The van der Waals surface area contributed by atoms with E-state index in [-0.39, 0.29) is 6.54 Å². The van der Waals surface area contributed by atoms with Crippen LogP contribution in [0.3, 0.4) is 0 Å². The molecule has 1 rings (SSSR count). The zero-order valence-electron chi connectivity index (χ0n) is 7.94. The monoisotopic (exact) mass is 187 g/mol. The van der Waals surface area contributed by atoms with E-state index in [0.29, 0.717) is 0 Å². The molecule has 3 N–H and O–H groups in total. The van der Waals surface area contributed by atoms with Gasteiger partial charge in [0.05, 0.1) is 0 Å². The van der Waals surface area contributed by atoms with Crippen LogP contribution in [0.1, 0.15) is 0 Å². The first-order valence-corrected chi connectivity index (χ1v) is 4.50. The lowest BCUT2D eigenvalue weighted by Crippen LogP contribution is -2.54. The average molecular weight is 187 g/mol. The Morgan fingerprint density at radius 2 is 2.00 bits per heavy atom. The topological polar surface area (TPSA) is 69.8 Å². The second-order valence-corrected chi connectivity index (χ2v) is 3.43. The third-order valence-corrected chi connectivity index (χ3v) is 2.49. The summed E-state index contributed by atoms with van der Waals surface area (Å²) < 4.78 is 0.